The highest BCUT2D eigenvalue weighted by molar-refractivity contribution is 5.94. The average Bonchev–Trinajstić information content (AvgIpc) is 2.64. The van der Waals surface area contributed by atoms with Crippen LogP contribution >= 0.6 is 0 Å². The van der Waals surface area contributed by atoms with Gasteiger partial charge in [-0.1, -0.05) is 12.1 Å². The fraction of sp³-hybridized carbons (Fsp3) is 0.350. The maximum atomic E-state index is 13.2. The molecule has 1 fully saturated rings. The number of likely N-dealkylation sites (tertiary alicyclic amines) is 1. The van der Waals surface area contributed by atoms with Crippen molar-refractivity contribution in [2.75, 3.05) is 13.1 Å². The minimum Gasteiger partial charge on any atom is -0.481 e. The first kappa shape index (κ1) is 19.8. The molecule has 28 heavy (non-hydrogen) atoms. The Morgan fingerprint density at radius 2 is 1.96 bits per heavy atom. The van der Waals surface area contributed by atoms with Gasteiger partial charge in [0.1, 0.15) is 11.2 Å². The smallest absolute Gasteiger partial charge is 0.314 e. The average molecular weight is 388 g/mol. The molecule has 2 aromatic rings. The summed E-state index contributed by atoms with van der Waals surface area (Å²) in [6, 6.07) is 8.07. The first-order valence-electron chi connectivity index (χ1n) is 8.87. The molecule has 1 saturated heterocycles. The summed E-state index contributed by atoms with van der Waals surface area (Å²) in [6.07, 6.45) is -1.14. The van der Waals surface area contributed by atoms with Gasteiger partial charge in [-0.05, 0) is 43.5 Å². The molecule has 2 heterocycles. The summed E-state index contributed by atoms with van der Waals surface area (Å²) < 4.78 is 13.2. The lowest BCUT2D eigenvalue weighted by Gasteiger charge is -2.43. The van der Waals surface area contributed by atoms with Crippen LogP contribution in [0.3, 0.4) is 0 Å². The standard InChI is InChI=1S/C20H21FN2O5/c1-12-8-14(9-17(25)22-12)18(26)23-7-6-16(24)20(11-23,19(27)28)10-13-2-4-15(21)5-3-13/h2-5,8-9,16,24H,6-7,10-11H2,1H3,(H,22,25)(H,27,28)/t16-,20-/m1/s1. The first-order valence-corrected chi connectivity index (χ1v) is 8.87. The number of nitrogens with one attached hydrogen (secondary N) is 1. The molecule has 8 heteroatoms. The number of pyridine rings is 1. The number of aliphatic hydroxyl groups is 1. The topological polar surface area (TPSA) is 111 Å². The van der Waals surface area contributed by atoms with Crippen LogP contribution in [0, 0.1) is 18.2 Å². The minimum absolute atomic E-state index is 0.0536. The van der Waals surface area contributed by atoms with Crippen LogP contribution in [0.2, 0.25) is 0 Å². The van der Waals surface area contributed by atoms with Crippen molar-refractivity contribution in [2.45, 2.75) is 25.9 Å². The maximum absolute atomic E-state index is 13.2. The molecule has 0 unspecified atom stereocenters. The molecule has 148 valence electrons. The number of carboxylic acid groups (broad SMARTS) is 1. The van der Waals surface area contributed by atoms with E-state index in [0.717, 1.165) is 0 Å². The number of benzene rings is 1. The Hall–Kier alpha value is -3.00. The molecule has 0 spiro atoms. The maximum Gasteiger partial charge on any atom is 0.314 e. The molecular formula is C20H21FN2O5. The third kappa shape index (κ3) is 3.82. The van der Waals surface area contributed by atoms with E-state index < -0.39 is 34.8 Å². The molecule has 0 saturated carbocycles. The van der Waals surface area contributed by atoms with Gasteiger partial charge < -0.3 is 20.1 Å². The number of H-pyrrole nitrogens is 1. The normalized spacial score (nSPS) is 22.1. The second-order valence-electron chi connectivity index (χ2n) is 7.21. The largest absolute Gasteiger partial charge is 0.481 e. The molecule has 3 N–H and O–H groups in total. The number of nitrogens with zero attached hydrogens (tertiary/aromatic N) is 1. The summed E-state index contributed by atoms with van der Waals surface area (Å²) in [5, 5.41) is 20.4. The third-order valence-electron chi connectivity index (χ3n) is 5.16. The zero-order valence-electron chi connectivity index (χ0n) is 15.3. The summed E-state index contributed by atoms with van der Waals surface area (Å²) in [5.74, 6) is -2.14. The lowest BCUT2D eigenvalue weighted by molar-refractivity contribution is -0.161. The van der Waals surface area contributed by atoms with Crippen molar-refractivity contribution in [2.24, 2.45) is 5.41 Å². The Kier molecular flexibility index (Phi) is 5.33. The number of halogens is 1. The number of carbonyl (C=O) groups is 2. The van der Waals surface area contributed by atoms with E-state index in [9.17, 15) is 29.0 Å². The van der Waals surface area contributed by atoms with Crippen molar-refractivity contribution >= 4 is 11.9 Å². The van der Waals surface area contributed by atoms with Gasteiger partial charge in [0.2, 0.25) is 5.56 Å². The fourth-order valence-electron chi connectivity index (χ4n) is 3.67. The van der Waals surface area contributed by atoms with Crippen molar-refractivity contribution < 1.29 is 24.2 Å². The highest BCUT2D eigenvalue weighted by Crippen LogP contribution is 2.35. The second-order valence-corrected chi connectivity index (χ2v) is 7.21. The van der Waals surface area contributed by atoms with Crippen LogP contribution in [0.15, 0.2) is 41.2 Å². The Balaban J connectivity index is 1.92. The number of carbonyl (C=O) groups excluding carboxylic acids is 1. The van der Waals surface area contributed by atoms with Crippen LogP contribution in [-0.4, -0.2) is 51.2 Å². The molecule has 0 radical (unpaired) electrons. The van der Waals surface area contributed by atoms with Crippen LogP contribution in [-0.2, 0) is 11.2 Å². The quantitative estimate of drug-likeness (QED) is 0.732. The molecule has 1 aliphatic rings. The predicted octanol–water partition coefficient (Wildman–Crippen LogP) is 1.34. The SMILES string of the molecule is Cc1cc(C(=O)N2CC[C@@H](O)[C@](Cc3ccc(F)cc3)(C(=O)O)C2)cc(=O)[nH]1. The molecule has 3 rings (SSSR count). The molecule has 1 amide bonds. The van der Waals surface area contributed by atoms with E-state index in [4.69, 9.17) is 0 Å². The summed E-state index contributed by atoms with van der Waals surface area (Å²) in [4.78, 5) is 40.6. The van der Waals surface area contributed by atoms with Gasteiger partial charge in [-0.3, -0.25) is 14.4 Å². The van der Waals surface area contributed by atoms with Gasteiger partial charge in [0, 0.05) is 30.4 Å². The van der Waals surface area contributed by atoms with Gasteiger partial charge in [0.05, 0.1) is 6.10 Å². The fourth-order valence-corrected chi connectivity index (χ4v) is 3.67. The van der Waals surface area contributed by atoms with Crippen molar-refractivity contribution in [3.8, 4) is 0 Å². The summed E-state index contributed by atoms with van der Waals surface area (Å²) in [5.41, 5.74) is -0.815. The molecule has 0 aliphatic carbocycles. The number of aromatic amines is 1. The van der Waals surface area contributed by atoms with Crippen LogP contribution in [0.1, 0.15) is 28.0 Å². The van der Waals surface area contributed by atoms with E-state index in [0.29, 0.717) is 11.3 Å². The number of piperidine rings is 1. The molecular weight excluding hydrogens is 367 g/mol. The highest BCUT2D eigenvalue weighted by Gasteiger charge is 2.50. The number of hydrogen-bond acceptors (Lipinski definition) is 4. The molecule has 1 aromatic heterocycles. The molecule has 1 aliphatic heterocycles. The molecule has 2 atom stereocenters. The number of aromatic nitrogens is 1. The summed E-state index contributed by atoms with van der Waals surface area (Å²) in [7, 11) is 0. The third-order valence-corrected chi connectivity index (χ3v) is 5.16. The van der Waals surface area contributed by atoms with E-state index in [1.807, 2.05) is 0 Å². The number of amides is 1. The van der Waals surface area contributed by atoms with Crippen molar-refractivity contribution in [3.05, 3.63) is 69.4 Å². The highest BCUT2D eigenvalue weighted by atomic mass is 19.1. The van der Waals surface area contributed by atoms with Crippen molar-refractivity contribution in [1.29, 1.82) is 0 Å². The number of hydrogen-bond donors (Lipinski definition) is 3. The van der Waals surface area contributed by atoms with Gasteiger partial charge in [-0.2, -0.15) is 0 Å². The Labute approximate surface area is 160 Å². The second kappa shape index (κ2) is 7.55. The van der Waals surface area contributed by atoms with Gasteiger partial charge in [-0.25, -0.2) is 4.39 Å². The number of aryl methyl sites for hydroxylation is 1. The molecule has 7 nitrogen and oxygen atoms in total. The zero-order valence-corrected chi connectivity index (χ0v) is 15.3. The van der Waals surface area contributed by atoms with E-state index in [-0.39, 0.29) is 31.5 Å². The van der Waals surface area contributed by atoms with Gasteiger partial charge >= 0.3 is 5.97 Å². The predicted molar refractivity (Wildman–Crippen MR) is 98.5 cm³/mol. The van der Waals surface area contributed by atoms with E-state index in [1.54, 1.807) is 6.92 Å². The van der Waals surface area contributed by atoms with Gasteiger partial charge in [0.25, 0.3) is 5.91 Å². The number of rotatable bonds is 4. The van der Waals surface area contributed by atoms with Crippen LogP contribution in [0.4, 0.5) is 4.39 Å². The lowest BCUT2D eigenvalue weighted by Crippen LogP contribution is -2.58. The summed E-state index contributed by atoms with van der Waals surface area (Å²) in [6.45, 7) is 1.60. The molecule has 1 aromatic carbocycles. The minimum atomic E-state index is -1.62. The van der Waals surface area contributed by atoms with Crippen molar-refractivity contribution in [1.82, 2.24) is 9.88 Å². The Bertz CT molecular complexity index is 956. The van der Waals surface area contributed by atoms with Gasteiger partial charge in [-0.15, -0.1) is 0 Å². The van der Waals surface area contributed by atoms with E-state index in [2.05, 4.69) is 4.98 Å². The molecule has 0 bridgehead atoms. The van der Waals surface area contributed by atoms with Crippen molar-refractivity contribution in [3.63, 3.8) is 0 Å². The van der Waals surface area contributed by atoms with Crippen LogP contribution in [0.5, 0.6) is 0 Å². The van der Waals surface area contributed by atoms with E-state index in [1.165, 1.54) is 41.3 Å². The first-order chi connectivity index (χ1) is 13.2. The van der Waals surface area contributed by atoms with Crippen LogP contribution < -0.4 is 5.56 Å². The Morgan fingerprint density at radius 1 is 1.29 bits per heavy atom. The number of carboxylic acids is 1. The monoisotopic (exact) mass is 388 g/mol. The Morgan fingerprint density at radius 3 is 2.57 bits per heavy atom. The number of aliphatic carboxylic acids is 1. The van der Waals surface area contributed by atoms with Gasteiger partial charge in [0.15, 0.2) is 0 Å². The van der Waals surface area contributed by atoms with Crippen LogP contribution in [0.25, 0.3) is 0 Å². The van der Waals surface area contributed by atoms with E-state index >= 15 is 0 Å². The zero-order chi connectivity index (χ0) is 20.5. The lowest BCUT2D eigenvalue weighted by atomic mass is 9.72. The summed E-state index contributed by atoms with van der Waals surface area (Å²) >= 11 is 0. The number of aliphatic hydroxyl groups excluding tert-OH is 1.